The van der Waals surface area contributed by atoms with Crippen LogP contribution in [0.2, 0.25) is 0 Å². The minimum absolute atomic E-state index is 0.245. The number of fused-ring (bicyclic) bond motifs is 2. The van der Waals surface area contributed by atoms with Crippen LogP contribution in [0, 0.1) is 6.92 Å². The molecule has 0 atom stereocenters. The van der Waals surface area contributed by atoms with E-state index in [9.17, 15) is 9.59 Å². The zero-order chi connectivity index (χ0) is 16.0. The molecule has 23 heavy (non-hydrogen) atoms. The van der Waals surface area contributed by atoms with E-state index >= 15 is 0 Å². The number of amides is 1. The van der Waals surface area contributed by atoms with Gasteiger partial charge in [-0.1, -0.05) is 0 Å². The summed E-state index contributed by atoms with van der Waals surface area (Å²) in [5, 5.41) is 2.88. The minimum Gasteiger partial charge on any atom is -0.427 e. The van der Waals surface area contributed by atoms with Crippen LogP contribution < -0.4 is 15.0 Å². The van der Waals surface area contributed by atoms with E-state index in [0.29, 0.717) is 40.7 Å². The van der Waals surface area contributed by atoms with Crippen LogP contribution in [0.15, 0.2) is 24.5 Å². The Balaban J connectivity index is 1.94. The largest absolute Gasteiger partial charge is 0.427 e. The number of nitrogens with zero attached hydrogens (tertiary/aromatic N) is 3. The molecule has 0 unspecified atom stereocenters. The number of nitrogens with one attached hydrogen (secondary N) is 1. The van der Waals surface area contributed by atoms with E-state index in [0.717, 1.165) is 12.8 Å². The first-order valence-electron chi connectivity index (χ1n) is 7.36. The molecule has 7 heteroatoms. The molecule has 2 aliphatic rings. The highest BCUT2D eigenvalue weighted by Crippen LogP contribution is 2.45. The molecule has 0 radical (unpaired) electrons. The lowest BCUT2D eigenvalue weighted by atomic mass is 10.2. The Morgan fingerprint density at radius 2 is 2.17 bits per heavy atom. The SMILES string of the molecule is Cc1c(OC=O)cnc2c1NC(=O)c1cccnc1N2C1CC1. The van der Waals surface area contributed by atoms with Gasteiger partial charge in [0, 0.05) is 17.8 Å². The van der Waals surface area contributed by atoms with E-state index in [2.05, 4.69) is 15.3 Å². The van der Waals surface area contributed by atoms with Crippen molar-refractivity contribution in [2.24, 2.45) is 0 Å². The van der Waals surface area contributed by atoms with Gasteiger partial charge in [0.15, 0.2) is 11.6 Å². The van der Waals surface area contributed by atoms with E-state index < -0.39 is 0 Å². The van der Waals surface area contributed by atoms with Crippen LogP contribution in [0.1, 0.15) is 28.8 Å². The molecule has 3 heterocycles. The number of aromatic nitrogens is 2. The van der Waals surface area contributed by atoms with Gasteiger partial charge in [0.2, 0.25) is 0 Å². The van der Waals surface area contributed by atoms with E-state index in [4.69, 9.17) is 4.74 Å². The summed E-state index contributed by atoms with van der Waals surface area (Å²) >= 11 is 0. The van der Waals surface area contributed by atoms with Crippen molar-refractivity contribution in [1.29, 1.82) is 0 Å². The lowest BCUT2D eigenvalue weighted by Crippen LogP contribution is -2.22. The third-order valence-corrected chi connectivity index (χ3v) is 4.09. The number of carbonyl (C=O) groups is 2. The molecule has 4 rings (SSSR count). The van der Waals surface area contributed by atoms with Crippen LogP contribution in [-0.2, 0) is 4.79 Å². The molecule has 2 aromatic heterocycles. The Labute approximate surface area is 132 Å². The summed E-state index contributed by atoms with van der Waals surface area (Å²) < 4.78 is 4.94. The number of hydrogen-bond donors (Lipinski definition) is 1. The molecule has 0 aromatic carbocycles. The second kappa shape index (κ2) is 5.05. The van der Waals surface area contributed by atoms with Crippen molar-refractivity contribution in [1.82, 2.24) is 9.97 Å². The van der Waals surface area contributed by atoms with Crippen LogP contribution in [-0.4, -0.2) is 28.4 Å². The molecule has 1 saturated carbocycles. The van der Waals surface area contributed by atoms with Gasteiger partial charge in [-0.2, -0.15) is 0 Å². The Hall–Kier alpha value is -2.96. The fourth-order valence-corrected chi connectivity index (χ4v) is 2.80. The Bertz CT molecular complexity index is 817. The van der Waals surface area contributed by atoms with Gasteiger partial charge in [-0.3, -0.25) is 9.59 Å². The number of pyridine rings is 2. The van der Waals surface area contributed by atoms with Gasteiger partial charge < -0.3 is 15.0 Å². The predicted molar refractivity (Wildman–Crippen MR) is 83.0 cm³/mol. The average Bonchev–Trinajstić information content (AvgIpc) is 3.38. The third-order valence-electron chi connectivity index (χ3n) is 4.09. The van der Waals surface area contributed by atoms with Crippen molar-refractivity contribution in [2.75, 3.05) is 10.2 Å². The monoisotopic (exact) mass is 310 g/mol. The zero-order valence-electron chi connectivity index (χ0n) is 12.4. The lowest BCUT2D eigenvalue weighted by Gasteiger charge is -2.24. The van der Waals surface area contributed by atoms with E-state index in [1.807, 2.05) is 4.90 Å². The molecule has 0 saturated heterocycles. The molecule has 1 fully saturated rings. The summed E-state index contributed by atoms with van der Waals surface area (Å²) in [6.07, 6.45) is 5.22. The molecule has 116 valence electrons. The molecule has 0 spiro atoms. The number of ether oxygens (including phenoxy) is 1. The molecule has 1 aliphatic heterocycles. The molecule has 7 nitrogen and oxygen atoms in total. The molecular formula is C16H14N4O3. The van der Waals surface area contributed by atoms with Crippen molar-refractivity contribution in [3.8, 4) is 5.75 Å². The fraction of sp³-hybridized carbons (Fsp3) is 0.250. The Kier molecular flexibility index (Phi) is 3.00. The van der Waals surface area contributed by atoms with Gasteiger partial charge in [0.05, 0.1) is 17.4 Å². The second-order valence-corrected chi connectivity index (χ2v) is 5.59. The molecule has 2 aromatic rings. The second-order valence-electron chi connectivity index (χ2n) is 5.59. The summed E-state index contributed by atoms with van der Waals surface area (Å²) in [5.74, 6) is 1.33. The van der Waals surface area contributed by atoms with Crippen LogP contribution in [0.4, 0.5) is 17.3 Å². The summed E-state index contributed by atoms with van der Waals surface area (Å²) in [7, 11) is 0. The van der Waals surface area contributed by atoms with Crippen LogP contribution in [0.25, 0.3) is 0 Å². The first kappa shape index (κ1) is 13.7. The first-order valence-corrected chi connectivity index (χ1v) is 7.36. The smallest absolute Gasteiger partial charge is 0.298 e. The number of hydrogen-bond acceptors (Lipinski definition) is 6. The van der Waals surface area contributed by atoms with Gasteiger partial charge in [-0.15, -0.1) is 0 Å². The molecule has 1 N–H and O–H groups in total. The lowest BCUT2D eigenvalue weighted by molar-refractivity contribution is -0.120. The maximum atomic E-state index is 12.6. The Morgan fingerprint density at radius 1 is 1.35 bits per heavy atom. The average molecular weight is 310 g/mol. The van der Waals surface area contributed by atoms with Gasteiger partial charge in [-0.25, -0.2) is 9.97 Å². The Morgan fingerprint density at radius 3 is 2.91 bits per heavy atom. The first-order chi connectivity index (χ1) is 11.2. The van der Waals surface area contributed by atoms with E-state index in [1.54, 1.807) is 25.3 Å². The number of carbonyl (C=O) groups excluding carboxylic acids is 2. The highest BCUT2D eigenvalue weighted by atomic mass is 16.5. The van der Waals surface area contributed by atoms with Gasteiger partial charge >= 0.3 is 0 Å². The fourth-order valence-electron chi connectivity index (χ4n) is 2.80. The standard InChI is InChI=1S/C16H14N4O3/c1-9-12(23-8-21)7-18-15-13(9)19-16(22)11-3-2-6-17-14(11)20(15)10-4-5-10/h2-3,6-8,10H,4-5H2,1H3,(H,19,22). The number of rotatable bonds is 3. The molecular weight excluding hydrogens is 296 g/mol. The van der Waals surface area contributed by atoms with Crippen molar-refractivity contribution in [2.45, 2.75) is 25.8 Å². The molecule has 1 aliphatic carbocycles. The summed E-state index contributed by atoms with van der Waals surface area (Å²) in [6.45, 7) is 2.14. The van der Waals surface area contributed by atoms with Gasteiger partial charge in [0.1, 0.15) is 5.82 Å². The molecule has 1 amide bonds. The predicted octanol–water partition coefficient (Wildman–Crippen LogP) is 2.19. The van der Waals surface area contributed by atoms with Crippen LogP contribution >= 0.6 is 0 Å². The maximum Gasteiger partial charge on any atom is 0.298 e. The van der Waals surface area contributed by atoms with Crippen molar-refractivity contribution < 1.29 is 14.3 Å². The quantitative estimate of drug-likeness (QED) is 0.875. The van der Waals surface area contributed by atoms with Crippen LogP contribution in [0.3, 0.4) is 0 Å². The molecule has 0 bridgehead atoms. The highest BCUT2D eigenvalue weighted by Gasteiger charge is 2.38. The normalized spacial score (nSPS) is 16.0. The summed E-state index contributed by atoms with van der Waals surface area (Å²) in [6, 6.07) is 3.76. The summed E-state index contributed by atoms with van der Waals surface area (Å²) in [4.78, 5) is 34.0. The van der Waals surface area contributed by atoms with Crippen molar-refractivity contribution in [3.63, 3.8) is 0 Å². The maximum absolute atomic E-state index is 12.6. The summed E-state index contributed by atoms with van der Waals surface area (Å²) in [5.41, 5.74) is 1.72. The van der Waals surface area contributed by atoms with Crippen molar-refractivity contribution in [3.05, 3.63) is 35.7 Å². The van der Waals surface area contributed by atoms with Gasteiger partial charge in [-0.05, 0) is 31.9 Å². The highest BCUT2D eigenvalue weighted by molar-refractivity contribution is 6.12. The van der Waals surface area contributed by atoms with Crippen LogP contribution in [0.5, 0.6) is 5.75 Å². The topological polar surface area (TPSA) is 84.4 Å². The van der Waals surface area contributed by atoms with E-state index in [-0.39, 0.29) is 11.9 Å². The van der Waals surface area contributed by atoms with Crippen molar-refractivity contribution >= 4 is 29.7 Å². The third kappa shape index (κ3) is 2.12. The number of anilines is 3. The van der Waals surface area contributed by atoms with Gasteiger partial charge in [0.25, 0.3) is 12.4 Å². The van der Waals surface area contributed by atoms with E-state index in [1.165, 1.54) is 6.20 Å². The minimum atomic E-state index is -0.245. The zero-order valence-corrected chi connectivity index (χ0v) is 12.4.